The van der Waals surface area contributed by atoms with Crippen molar-refractivity contribution in [2.24, 2.45) is 0 Å². The number of hydrogen-bond acceptors (Lipinski definition) is 5. The lowest BCUT2D eigenvalue weighted by Crippen LogP contribution is -2.55. The number of halogens is 1. The molecule has 5 aromatic carbocycles. The van der Waals surface area contributed by atoms with E-state index < -0.39 is 46.2 Å². The van der Waals surface area contributed by atoms with Crippen molar-refractivity contribution in [1.29, 1.82) is 0 Å². The van der Waals surface area contributed by atoms with Gasteiger partial charge in [0, 0.05) is 18.0 Å². The second-order valence-electron chi connectivity index (χ2n) is 11.3. The largest absolute Gasteiger partial charge is 0.343 e. The Morgan fingerprint density at radius 1 is 0.612 bits per heavy atom. The van der Waals surface area contributed by atoms with Crippen LogP contribution in [-0.4, -0.2) is 43.0 Å². The molecule has 49 heavy (non-hydrogen) atoms. The third-order valence-corrected chi connectivity index (χ3v) is 9.80. The Bertz CT molecular complexity index is 1910. The molecule has 0 radical (unpaired) electrons. The van der Waals surface area contributed by atoms with Gasteiger partial charge in [-0.05, 0) is 46.5 Å². The molecule has 0 saturated heterocycles. The summed E-state index contributed by atoms with van der Waals surface area (Å²) in [6.07, 6.45) is 0.135. The third kappa shape index (κ3) is 9.64. The maximum absolute atomic E-state index is 13.9. The van der Waals surface area contributed by atoms with Crippen LogP contribution in [0.1, 0.15) is 28.2 Å². The molecular weight excluding hydrogens is 660 g/mol. The highest BCUT2D eigenvalue weighted by molar-refractivity contribution is 7.89. The summed E-state index contributed by atoms with van der Waals surface area (Å²) < 4.78 is 28.3. The Balaban J connectivity index is 1.33. The highest BCUT2D eigenvalue weighted by Gasteiger charge is 2.30. The average molecular weight is 695 g/mol. The Morgan fingerprint density at radius 3 is 1.63 bits per heavy atom. The fourth-order valence-corrected chi connectivity index (χ4v) is 6.80. The molecule has 1 atom stereocenters. The van der Waals surface area contributed by atoms with Gasteiger partial charge in [0.25, 0.3) is 11.8 Å². The first-order valence-corrected chi connectivity index (χ1v) is 17.3. The molecule has 0 saturated carbocycles. The maximum Gasteiger partial charge on any atom is 0.261 e. The van der Waals surface area contributed by atoms with E-state index in [1.54, 1.807) is 30.3 Å². The number of nitrogens with one attached hydrogen (secondary N) is 3. The normalized spacial score (nSPS) is 11.9. The zero-order valence-electron chi connectivity index (χ0n) is 26.4. The number of sulfonamides is 1. The minimum absolute atomic E-state index is 0.0401. The monoisotopic (exact) mass is 694 g/mol. The van der Waals surface area contributed by atoms with Gasteiger partial charge in [0.05, 0.1) is 17.4 Å². The van der Waals surface area contributed by atoms with E-state index in [1.165, 1.54) is 24.3 Å². The number of carbonyl (C=O) groups is 3. The zero-order valence-corrected chi connectivity index (χ0v) is 28.0. The second kappa shape index (κ2) is 16.7. The van der Waals surface area contributed by atoms with Crippen molar-refractivity contribution in [3.05, 3.63) is 173 Å². The summed E-state index contributed by atoms with van der Waals surface area (Å²) in [5.41, 5.74) is 7.69. The van der Waals surface area contributed by atoms with Gasteiger partial charge in [-0.3, -0.25) is 25.2 Å². The molecule has 3 amide bonds. The van der Waals surface area contributed by atoms with Gasteiger partial charge in [0.2, 0.25) is 15.9 Å². The van der Waals surface area contributed by atoms with E-state index in [1.807, 2.05) is 91.0 Å². The second-order valence-corrected chi connectivity index (χ2v) is 13.6. The van der Waals surface area contributed by atoms with Gasteiger partial charge in [0.1, 0.15) is 6.04 Å². The predicted molar refractivity (Wildman–Crippen MR) is 189 cm³/mol. The first-order chi connectivity index (χ1) is 23.7. The fourth-order valence-electron chi connectivity index (χ4n) is 5.29. The number of benzene rings is 5. The van der Waals surface area contributed by atoms with Gasteiger partial charge in [-0.15, -0.1) is 0 Å². The van der Waals surface area contributed by atoms with Crippen molar-refractivity contribution < 1.29 is 22.8 Å². The third-order valence-electron chi connectivity index (χ3n) is 7.74. The van der Waals surface area contributed by atoms with Crippen molar-refractivity contribution in [1.82, 2.24) is 20.5 Å². The minimum Gasteiger partial charge on any atom is -0.343 e. The molecule has 0 bridgehead atoms. The highest BCUT2D eigenvalue weighted by atomic mass is 35.5. The van der Waals surface area contributed by atoms with Crippen LogP contribution in [-0.2, 0) is 37.4 Å². The number of hydrogen-bond donors (Lipinski definition) is 3. The van der Waals surface area contributed by atoms with E-state index in [4.69, 9.17) is 11.6 Å². The van der Waals surface area contributed by atoms with E-state index in [9.17, 15) is 22.8 Å². The van der Waals surface area contributed by atoms with Crippen molar-refractivity contribution in [2.45, 2.75) is 29.8 Å². The molecule has 5 rings (SSSR count). The summed E-state index contributed by atoms with van der Waals surface area (Å²) in [7, 11) is -4.14. The predicted octanol–water partition coefficient (Wildman–Crippen LogP) is 5.24. The molecule has 9 nitrogen and oxygen atoms in total. The summed E-state index contributed by atoms with van der Waals surface area (Å²) in [5, 5.41) is 3.26. The van der Waals surface area contributed by atoms with Crippen LogP contribution in [0.4, 0.5) is 0 Å². The van der Waals surface area contributed by atoms with Gasteiger partial charge in [0.15, 0.2) is 0 Å². The van der Waals surface area contributed by atoms with Crippen LogP contribution >= 0.6 is 11.6 Å². The molecule has 0 aliphatic heterocycles. The first-order valence-electron chi connectivity index (χ1n) is 15.5. The average Bonchev–Trinajstić information content (AvgIpc) is 3.12. The summed E-state index contributed by atoms with van der Waals surface area (Å²) in [6, 6.07) is 41.1. The SMILES string of the molecule is O=C(CN(Cc1ccccc1)S(=O)(=O)c1ccc(Cl)cc1)NNC(=O)[C@@H](Cc1ccccc1)NC(=O)C(c1ccccc1)c1ccccc1. The van der Waals surface area contributed by atoms with Crippen LogP contribution in [0.15, 0.2) is 150 Å². The minimum atomic E-state index is -4.14. The highest BCUT2D eigenvalue weighted by Crippen LogP contribution is 2.25. The van der Waals surface area contributed by atoms with Crippen LogP contribution in [0, 0.1) is 0 Å². The zero-order chi connectivity index (χ0) is 34.6. The fraction of sp³-hybridized carbons (Fsp3) is 0.132. The van der Waals surface area contributed by atoms with Crippen molar-refractivity contribution in [3.8, 4) is 0 Å². The number of amides is 3. The van der Waals surface area contributed by atoms with Gasteiger partial charge >= 0.3 is 0 Å². The Labute approximate surface area is 291 Å². The first kappa shape index (κ1) is 35.0. The van der Waals surface area contributed by atoms with E-state index in [-0.39, 0.29) is 17.9 Å². The van der Waals surface area contributed by atoms with Gasteiger partial charge in [-0.2, -0.15) is 4.31 Å². The van der Waals surface area contributed by atoms with Crippen LogP contribution in [0.2, 0.25) is 5.02 Å². The lowest BCUT2D eigenvalue weighted by Gasteiger charge is -2.24. The lowest BCUT2D eigenvalue weighted by atomic mass is 9.90. The number of nitrogens with zero attached hydrogens (tertiary/aromatic N) is 1. The van der Waals surface area contributed by atoms with Gasteiger partial charge in [-0.25, -0.2) is 8.42 Å². The number of carbonyl (C=O) groups excluding carboxylic acids is 3. The Hall–Kier alpha value is -5.29. The topological polar surface area (TPSA) is 125 Å². The van der Waals surface area contributed by atoms with Crippen molar-refractivity contribution in [3.63, 3.8) is 0 Å². The molecule has 0 unspecified atom stereocenters. The van der Waals surface area contributed by atoms with Crippen LogP contribution < -0.4 is 16.2 Å². The van der Waals surface area contributed by atoms with E-state index >= 15 is 0 Å². The molecule has 11 heteroatoms. The Morgan fingerprint density at radius 2 is 1.10 bits per heavy atom. The molecule has 0 fully saturated rings. The summed E-state index contributed by atoms with van der Waals surface area (Å²) in [5.74, 6) is -2.56. The molecule has 3 N–H and O–H groups in total. The molecule has 0 aromatic heterocycles. The molecular formula is C38H35ClN4O5S. The summed E-state index contributed by atoms with van der Waals surface area (Å²) in [4.78, 5) is 40.7. The lowest BCUT2D eigenvalue weighted by molar-refractivity contribution is -0.132. The van der Waals surface area contributed by atoms with Crippen LogP contribution in [0.3, 0.4) is 0 Å². The molecule has 0 heterocycles. The van der Waals surface area contributed by atoms with Crippen molar-refractivity contribution in [2.75, 3.05) is 6.54 Å². The summed E-state index contributed by atoms with van der Waals surface area (Å²) in [6.45, 7) is -0.694. The van der Waals surface area contributed by atoms with E-state index in [2.05, 4.69) is 16.2 Å². The maximum atomic E-state index is 13.9. The molecule has 250 valence electrons. The smallest absolute Gasteiger partial charge is 0.261 e. The van der Waals surface area contributed by atoms with Gasteiger partial charge in [-0.1, -0.05) is 133 Å². The Kier molecular flexibility index (Phi) is 11.9. The molecule has 0 aliphatic rings. The number of hydrazine groups is 1. The molecule has 5 aromatic rings. The van der Waals surface area contributed by atoms with Crippen LogP contribution in [0.25, 0.3) is 0 Å². The molecule has 0 spiro atoms. The summed E-state index contributed by atoms with van der Waals surface area (Å²) >= 11 is 5.97. The number of rotatable bonds is 13. The van der Waals surface area contributed by atoms with Crippen LogP contribution in [0.5, 0.6) is 0 Å². The quantitative estimate of drug-likeness (QED) is 0.146. The van der Waals surface area contributed by atoms with E-state index in [0.29, 0.717) is 10.6 Å². The standard InChI is InChI=1S/C38H35ClN4O5S/c39-32-21-23-33(24-22-32)49(47,48)43(26-29-15-7-2-8-16-29)27-35(44)41-42-37(45)34(25-28-13-5-1-6-14-28)40-38(46)36(30-17-9-3-10-18-30)31-19-11-4-12-20-31/h1-24,34,36H,25-27H2,(H,40,46)(H,41,44)(H,42,45)/t34-/m1/s1. The van der Waals surface area contributed by atoms with E-state index in [0.717, 1.165) is 21.0 Å². The molecule has 0 aliphatic carbocycles. The van der Waals surface area contributed by atoms with Gasteiger partial charge < -0.3 is 5.32 Å². The van der Waals surface area contributed by atoms with Crippen molar-refractivity contribution >= 4 is 39.3 Å².